The fraction of sp³-hybridized carbons (Fsp3) is 0.462. The van der Waals surface area contributed by atoms with Gasteiger partial charge in [-0.3, -0.25) is 0 Å². The Bertz CT molecular complexity index is 1140. The minimum absolute atomic E-state index is 0.218. The molecule has 1 heterocycles. The van der Waals surface area contributed by atoms with Crippen LogP contribution in [0.3, 0.4) is 0 Å². The van der Waals surface area contributed by atoms with Crippen molar-refractivity contribution in [3.05, 3.63) is 59.4 Å². The Morgan fingerprint density at radius 3 is 2.31 bits per heavy atom. The van der Waals surface area contributed by atoms with Gasteiger partial charge in [0.25, 0.3) is 0 Å². The molecule has 188 valence electrons. The summed E-state index contributed by atoms with van der Waals surface area (Å²) in [6, 6.07) is 10.7. The minimum Gasteiger partial charge on any atom is -0.362 e. The Morgan fingerprint density at radius 2 is 1.63 bits per heavy atom. The summed E-state index contributed by atoms with van der Waals surface area (Å²) >= 11 is 0. The molecule has 0 aliphatic heterocycles. The highest BCUT2D eigenvalue weighted by molar-refractivity contribution is 5.90. The van der Waals surface area contributed by atoms with E-state index in [9.17, 15) is 17.6 Å². The van der Waals surface area contributed by atoms with Gasteiger partial charge in [0, 0.05) is 32.6 Å². The zero-order chi connectivity index (χ0) is 25.0. The van der Waals surface area contributed by atoms with Gasteiger partial charge >= 0.3 is 6.18 Å². The largest absolute Gasteiger partial charge is 0.416 e. The highest BCUT2D eigenvalue weighted by atomic mass is 19.4. The first-order valence-corrected chi connectivity index (χ1v) is 11.9. The van der Waals surface area contributed by atoms with Crippen LogP contribution in [0.15, 0.2) is 42.5 Å². The Morgan fingerprint density at radius 1 is 0.943 bits per heavy atom. The molecule has 35 heavy (non-hydrogen) atoms. The highest BCUT2D eigenvalue weighted by Gasteiger charge is 2.31. The molecule has 9 heteroatoms. The van der Waals surface area contributed by atoms with E-state index in [-0.39, 0.29) is 6.54 Å². The lowest BCUT2D eigenvalue weighted by Gasteiger charge is -2.29. The van der Waals surface area contributed by atoms with Gasteiger partial charge in [0.1, 0.15) is 11.6 Å². The number of para-hydroxylation sites is 1. The summed E-state index contributed by atoms with van der Waals surface area (Å²) in [5.74, 6) is 1.62. The first-order chi connectivity index (χ1) is 16.7. The van der Waals surface area contributed by atoms with E-state index >= 15 is 0 Å². The molecule has 1 aliphatic rings. The second-order valence-electron chi connectivity index (χ2n) is 9.53. The van der Waals surface area contributed by atoms with Crippen LogP contribution in [-0.2, 0) is 12.7 Å². The first-order valence-electron chi connectivity index (χ1n) is 11.9. The number of halogens is 4. The molecule has 1 aliphatic carbocycles. The molecular weight excluding hydrogens is 458 g/mol. The van der Waals surface area contributed by atoms with Gasteiger partial charge in [-0.25, -0.2) is 9.37 Å². The summed E-state index contributed by atoms with van der Waals surface area (Å²) in [4.78, 5) is 11.3. The maximum Gasteiger partial charge on any atom is 0.416 e. The van der Waals surface area contributed by atoms with Crippen molar-refractivity contribution in [3.63, 3.8) is 0 Å². The maximum absolute atomic E-state index is 13.6. The van der Waals surface area contributed by atoms with Crippen LogP contribution < -0.4 is 15.5 Å². The van der Waals surface area contributed by atoms with Crippen LogP contribution in [-0.4, -0.2) is 37.2 Å². The number of rotatable bonds is 8. The van der Waals surface area contributed by atoms with Crippen molar-refractivity contribution in [2.45, 2.75) is 38.4 Å². The summed E-state index contributed by atoms with van der Waals surface area (Å²) in [7, 11) is 3.94. The van der Waals surface area contributed by atoms with Crippen molar-refractivity contribution in [2.75, 3.05) is 37.4 Å². The molecule has 1 aromatic heterocycles. The van der Waals surface area contributed by atoms with Crippen LogP contribution in [0.5, 0.6) is 0 Å². The minimum atomic E-state index is -4.55. The van der Waals surface area contributed by atoms with Crippen molar-refractivity contribution in [2.24, 2.45) is 11.8 Å². The van der Waals surface area contributed by atoms with E-state index in [2.05, 4.69) is 15.6 Å². The lowest BCUT2D eigenvalue weighted by atomic mass is 9.82. The number of nitrogens with zero attached hydrogens (tertiary/aromatic N) is 3. The normalized spacial score (nSPS) is 18.6. The topological polar surface area (TPSA) is 53.1 Å². The predicted molar refractivity (Wildman–Crippen MR) is 131 cm³/mol. The lowest BCUT2D eigenvalue weighted by Crippen LogP contribution is -2.28. The molecule has 1 fully saturated rings. The third kappa shape index (κ3) is 6.60. The summed E-state index contributed by atoms with van der Waals surface area (Å²) in [5, 5.41) is 7.64. The molecule has 0 unspecified atom stereocenters. The number of anilines is 2. The summed E-state index contributed by atoms with van der Waals surface area (Å²) in [6.07, 6.45) is -0.345. The summed E-state index contributed by atoms with van der Waals surface area (Å²) < 4.78 is 52.2. The van der Waals surface area contributed by atoms with Gasteiger partial charge in [-0.15, -0.1) is 0 Å². The second-order valence-corrected chi connectivity index (χ2v) is 9.53. The number of aromatic nitrogens is 2. The Labute approximate surface area is 203 Å². The third-order valence-corrected chi connectivity index (χ3v) is 6.57. The summed E-state index contributed by atoms with van der Waals surface area (Å²) in [6.45, 7) is 1.72. The van der Waals surface area contributed by atoms with E-state index in [4.69, 9.17) is 4.98 Å². The van der Waals surface area contributed by atoms with Crippen LogP contribution in [0, 0.1) is 17.7 Å². The van der Waals surface area contributed by atoms with E-state index in [1.165, 1.54) is 0 Å². The first kappa shape index (κ1) is 25.2. The van der Waals surface area contributed by atoms with Crippen molar-refractivity contribution in [1.82, 2.24) is 15.3 Å². The fourth-order valence-electron chi connectivity index (χ4n) is 4.69. The number of alkyl halides is 3. The molecule has 2 N–H and O–H groups in total. The average Bonchev–Trinajstić information content (AvgIpc) is 2.82. The standard InChI is InChI=1S/C26H31F4N5/c1-35(2)24-22-5-3-4-6-23(22)33-25(34-24)32-16-18-9-7-17(8-10-18)14-31-15-19-11-20(26(28,29)30)13-21(27)12-19/h3-6,11-13,17-18,31H,7-10,14-16H2,1-2H3,(H,32,33,34). The number of hydrogen-bond donors (Lipinski definition) is 2. The Kier molecular flexibility index (Phi) is 7.74. The Balaban J connectivity index is 1.24. The van der Waals surface area contributed by atoms with Crippen LogP contribution in [0.25, 0.3) is 10.9 Å². The zero-order valence-electron chi connectivity index (χ0n) is 20.0. The van der Waals surface area contributed by atoms with E-state index in [0.717, 1.165) is 61.1 Å². The van der Waals surface area contributed by atoms with Gasteiger partial charge in [-0.05, 0) is 80.0 Å². The van der Waals surface area contributed by atoms with Crippen LogP contribution in [0.4, 0.5) is 29.3 Å². The second kappa shape index (κ2) is 10.8. The van der Waals surface area contributed by atoms with Crippen LogP contribution in [0.1, 0.15) is 36.8 Å². The molecule has 2 aromatic carbocycles. The van der Waals surface area contributed by atoms with Gasteiger partial charge in [-0.1, -0.05) is 12.1 Å². The van der Waals surface area contributed by atoms with E-state index in [0.29, 0.717) is 36.0 Å². The van der Waals surface area contributed by atoms with Crippen molar-refractivity contribution < 1.29 is 17.6 Å². The van der Waals surface area contributed by atoms with Gasteiger partial charge in [0.15, 0.2) is 0 Å². The van der Waals surface area contributed by atoms with Crippen molar-refractivity contribution >= 4 is 22.7 Å². The van der Waals surface area contributed by atoms with Gasteiger partial charge in [0.2, 0.25) is 5.95 Å². The molecule has 4 rings (SSSR count). The smallest absolute Gasteiger partial charge is 0.362 e. The quantitative estimate of drug-likeness (QED) is 0.388. The monoisotopic (exact) mass is 489 g/mol. The third-order valence-electron chi connectivity index (χ3n) is 6.57. The molecule has 3 aromatic rings. The van der Waals surface area contributed by atoms with E-state index in [1.807, 2.05) is 43.3 Å². The number of fused-ring (bicyclic) bond motifs is 1. The number of nitrogens with one attached hydrogen (secondary N) is 2. The SMILES string of the molecule is CN(C)c1nc(NCC2CCC(CNCc3cc(F)cc(C(F)(F)F)c3)CC2)nc2ccccc12. The van der Waals surface area contributed by atoms with E-state index < -0.39 is 17.6 Å². The highest BCUT2D eigenvalue weighted by Crippen LogP contribution is 2.31. The van der Waals surface area contributed by atoms with E-state index in [1.54, 1.807) is 0 Å². The summed E-state index contributed by atoms with van der Waals surface area (Å²) in [5.41, 5.74) is 0.266. The zero-order valence-corrected chi connectivity index (χ0v) is 20.0. The predicted octanol–water partition coefficient (Wildman–Crippen LogP) is 5.86. The van der Waals surface area contributed by atoms with Gasteiger partial charge in [0.05, 0.1) is 11.1 Å². The molecule has 0 amide bonds. The van der Waals surface area contributed by atoms with Crippen molar-refractivity contribution in [1.29, 1.82) is 0 Å². The average molecular weight is 490 g/mol. The number of benzene rings is 2. The van der Waals surface area contributed by atoms with Crippen LogP contribution >= 0.6 is 0 Å². The van der Waals surface area contributed by atoms with Gasteiger partial charge < -0.3 is 15.5 Å². The molecule has 0 bridgehead atoms. The molecule has 1 saturated carbocycles. The molecule has 0 saturated heterocycles. The Hall–Kier alpha value is -2.94. The van der Waals surface area contributed by atoms with Crippen molar-refractivity contribution in [3.8, 4) is 0 Å². The molecular formula is C26H31F4N5. The van der Waals surface area contributed by atoms with Crippen LogP contribution in [0.2, 0.25) is 0 Å². The fourth-order valence-corrected chi connectivity index (χ4v) is 4.69. The molecule has 0 radical (unpaired) electrons. The number of hydrogen-bond acceptors (Lipinski definition) is 5. The molecule has 5 nitrogen and oxygen atoms in total. The van der Waals surface area contributed by atoms with Gasteiger partial charge in [-0.2, -0.15) is 18.2 Å². The molecule has 0 atom stereocenters. The lowest BCUT2D eigenvalue weighted by molar-refractivity contribution is -0.137. The molecule has 0 spiro atoms. The maximum atomic E-state index is 13.6.